The summed E-state index contributed by atoms with van der Waals surface area (Å²) in [7, 11) is -3.40. The SMILES string of the molecule is CS(=O)(=O)c1cccc(C(CCC(F)(F)F)NN)c1. The Balaban J connectivity index is 2.93. The van der Waals surface area contributed by atoms with Crippen LogP contribution in [0.2, 0.25) is 0 Å². The number of hydrazine groups is 1. The molecule has 0 aliphatic heterocycles. The van der Waals surface area contributed by atoms with E-state index in [0.29, 0.717) is 5.56 Å². The van der Waals surface area contributed by atoms with Gasteiger partial charge < -0.3 is 0 Å². The van der Waals surface area contributed by atoms with Gasteiger partial charge in [-0.15, -0.1) is 0 Å². The Bertz CT molecular complexity index is 529. The molecular formula is C11H15F3N2O2S. The standard InChI is InChI=1S/C11H15F3N2O2S/c1-19(17,18)9-4-2-3-8(7-9)10(16-15)5-6-11(12,13)14/h2-4,7,10,16H,5-6,15H2,1H3. The van der Waals surface area contributed by atoms with Crippen molar-refractivity contribution in [1.82, 2.24) is 5.43 Å². The van der Waals surface area contributed by atoms with Gasteiger partial charge in [0.05, 0.1) is 4.90 Å². The second kappa shape index (κ2) is 5.89. The highest BCUT2D eigenvalue weighted by Crippen LogP contribution is 2.28. The predicted octanol–water partition coefficient (Wildman–Crippen LogP) is 1.94. The van der Waals surface area contributed by atoms with Crippen LogP contribution in [-0.2, 0) is 9.84 Å². The molecule has 0 radical (unpaired) electrons. The van der Waals surface area contributed by atoms with Crippen molar-refractivity contribution in [2.75, 3.05) is 6.26 Å². The lowest BCUT2D eigenvalue weighted by atomic mass is 10.0. The van der Waals surface area contributed by atoms with Crippen molar-refractivity contribution in [3.05, 3.63) is 29.8 Å². The van der Waals surface area contributed by atoms with E-state index in [2.05, 4.69) is 5.43 Å². The van der Waals surface area contributed by atoms with Crippen LogP contribution in [0, 0.1) is 0 Å². The molecule has 1 unspecified atom stereocenters. The van der Waals surface area contributed by atoms with Crippen molar-refractivity contribution in [3.63, 3.8) is 0 Å². The second-order valence-electron chi connectivity index (χ2n) is 4.22. The van der Waals surface area contributed by atoms with Crippen LogP contribution in [0.4, 0.5) is 13.2 Å². The summed E-state index contributed by atoms with van der Waals surface area (Å²) in [5.74, 6) is 5.23. The molecule has 8 heteroatoms. The van der Waals surface area contributed by atoms with E-state index in [1.807, 2.05) is 0 Å². The fraction of sp³-hybridized carbons (Fsp3) is 0.455. The normalized spacial score (nSPS) is 14.4. The predicted molar refractivity (Wildman–Crippen MR) is 64.9 cm³/mol. The minimum Gasteiger partial charge on any atom is -0.271 e. The second-order valence-corrected chi connectivity index (χ2v) is 6.23. The summed E-state index contributed by atoms with van der Waals surface area (Å²) in [5, 5.41) is 0. The van der Waals surface area contributed by atoms with Crippen LogP contribution in [0.15, 0.2) is 29.2 Å². The number of hydrogen-bond acceptors (Lipinski definition) is 4. The number of halogens is 3. The summed E-state index contributed by atoms with van der Waals surface area (Å²) in [5.41, 5.74) is 2.69. The van der Waals surface area contributed by atoms with E-state index in [4.69, 9.17) is 5.84 Å². The molecule has 1 atom stereocenters. The molecule has 108 valence electrons. The van der Waals surface area contributed by atoms with Crippen LogP contribution in [0.25, 0.3) is 0 Å². The maximum atomic E-state index is 12.2. The number of rotatable bonds is 5. The van der Waals surface area contributed by atoms with Crippen LogP contribution < -0.4 is 11.3 Å². The lowest BCUT2D eigenvalue weighted by molar-refractivity contribution is -0.136. The molecule has 0 saturated carbocycles. The Morgan fingerprint density at radius 2 is 2.00 bits per heavy atom. The third kappa shape index (κ3) is 5.17. The summed E-state index contributed by atoms with van der Waals surface area (Å²) < 4.78 is 59.3. The minimum atomic E-state index is -4.27. The third-order valence-electron chi connectivity index (χ3n) is 2.61. The smallest absolute Gasteiger partial charge is 0.271 e. The number of sulfone groups is 1. The van der Waals surface area contributed by atoms with Crippen LogP contribution in [0.1, 0.15) is 24.4 Å². The first-order chi connectivity index (χ1) is 8.63. The van der Waals surface area contributed by atoms with Crippen molar-refractivity contribution >= 4 is 9.84 Å². The fourth-order valence-corrected chi connectivity index (χ4v) is 2.29. The molecule has 3 N–H and O–H groups in total. The van der Waals surface area contributed by atoms with Gasteiger partial charge in [0, 0.05) is 18.7 Å². The molecule has 19 heavy (non-hydrogen) atoms. The summed E-state index contributed by atoms with van der Waals surface area (Å²) in [6.07, 6.45) is -4.49. The van der Waals surface area contributed by atoms with Crippen LogP contribution in [0.3, 0.4) is 0 Å². The van der Waals surface area contributed by atoms with Gasteiger partial charge in [0.2, 0.25) is 0 Å². The zero-order chi connectivity index (χ0) is 14.7. The molecule has 0 aliphatic rings. The Labute approximate surface area is 109 Å². The van der Waals surface area contributed by atoms with Gasteiger partial charge in [0.1, 0.15) is 0 Å². The van der Waals surface area contributed by atoms with E-state index in [0.717, 1.165) is 6.26 Å². The van der Waals surface area contributed by atoms with E-state index < -0.39 is 28.5 Å². The van der Waals surface area contributed by atoms with E-state index in [9.17, 15) is 21.6 Å². The Morgan fingerprint density at radius 3 is 2.47 bits per heavy atom. The van der Waals surface area contributed by atoms with Gasteiger partial charge in [0.25, 0.3) is 0 Å². The molecular weight excluding hydrogens is 281 g/mol. The molecule has 0 spiro atoms. The Hall–Kier alpha value is -1.12. The summed E-state index contributed by atoms with van der Waals surface area (Å²) in [6, 6.07) is 4.98. The van der Waals surface area contributed by atoms with Gasteiger partial charge in [-0.3, -0.25) is 11.3 Å². The summed E-state index contributed by atoms with van der Waals surface area (Å²) >= 11 is 0. The Morgan fingerprint density at radius 1 is 1.37 bits per heavy atom. The lowest BCUT2D eigenvalue weighted by Crippen LogP contribution is -2.29. The molecule has 1 rings (SSSR count). The third-order valence-corrected chi connectivity index (χ3v) is 3.72. The molecule has 0 bridgehead atoms. The van der Waals surface area contributed by atoms with Gasteiger partial charge in [-0.2, -0.15) is 13.2 Å². The summed E-state index contributed by atoms with van der Waals surface area (Å²) in [6.45, 7) is 0. The van der Waals surface area contributed by atoms with Crippen molar-refractivity contribution in [3.8, 4) is 0 Å². The number of benzene rings is 1. The molecule has 1 aromatic carbocycles. The lowest BCUT2D eigenvalue weighted by Gasteiger charge is -2.17. The molecule has 0 saturated heterocycles. The molecule has 0 aromatic heterocycles. The number of hydrogen-bond donors (Lipinski definition) is 2. The highest BCUT2D eigenvalue weighted by molar-refractivity contribution is 7.90. The fourth-order valence-electron chi connectivity index (χ4n) is 1.62. The first-order valence-electron chi connectivity index (χ1n) is 5.46. The number of alkyl halides is 3. The minimum absolute atomic E-state index is 0.0530. The first-order valence-corrected chi connectivity index (χ1v) is 7.35. The largest absolute Gasteiger partial charge is 0.389 e. The quantitative estimate of drug-likeness (QED) is 0.643. The zero-order valence-electron chi connectivity index (χ0n) is 10.2. The highest BCUT2D eigenvalue weighted by Gasteiger charge is 2.28. The van der Waals surface area contributed by atoms with Gasteiger partial charge in [0.15, 0.2) is 9.84 Å². The molecule has 0 aliphatic carbocycles. The van der Waals surface area contributed by atoms with Gasteiger partial charge in [-0.25, -0.2) is 8.42 Å². The van der Waals surface area contributed by atoms with E-state index in [1.165, 1.54) is 24.3 Å². The van der Waals surface area contributed by atoms with Crippen LogP contribution in [0.5, 0.6) is 0 Å². The molecule has 0 heterocycles. The van der Waals surface area contributed by atoms with Crippen LogP contribution >= 0.6 is 0 Å². The van der Waals surface area contributed by atoms with Crippen molar-refractivity contribution in [2.45, 2.75) is 30.0 Å². The van der Waals surface area contributed by atoms with E-state index >= 15 is 0 Å². The van der Waals surface area contributed by atoms with Crippen LogP contribution in [-0.4, -0.2) is 20.8 Å². The van der Waals surface area contributed by atoms with Crippen molar-refractivity contribution in [1.29, 1.82) is 0 Å². The molecule has 1 aromatic rings. The topological polar surface area (TPSA) is 72.2 Å². The average molecular weight is 296 g/mol. The molecule has 0 fully saturated rings. The highest BCUT2D eigenvalue weighted by atomic mass is 32.2. The number of nitrogens with one attached hydrogen (secondary N) is 1. The maximum absolute atomic E-state index is 12.2. The van der Waals surface area contributed by atoms with E-state index in [-0.39, 0.29) is 11.3 Å². The van der Waals surface area contributed by atoms with Gasteiger partial charge in [-0.05, 0) is 24.1 Å². The van der Waals surface area contributed by atoms with E-state index in [1.54, 1.807) is 0 Å². The molecule has 4 nitrogen and oxygen atoms in total. The molecule has 0 amide bonds. The van der Waals surface area contributed by atoms with Gasteiger partial charge in [-0.1, -0.05) is 12.1 Å². The van der Waals surface area contributed by atoms with Crippen molar-refractivity contribution in [2.24, 2.45) is 5.84 Å². The monoisotopic (exact) mass is 296 g/mol. The average Bonchev–Trinajstić information content (AvgIpc) is 2.27. The van der Waals surface area contributed by atoms with Gasteiger partial charge >= 0.3 is 6.18 Å². The zero-order valence-corrected chi connectivity index (χ0v) is 11.1. The first kappa shape index (κ1) is 15.9. The maximum Gasteiger partial charge on any atom is 0.389 e. The van der Waals surface area contributed by atoms with Crippen molar-refractivity contribution < 1.29 is 21.6 Å². The summed E-state index contributed by atoms with van der Waals surface area (Å²) in [4.78, 5) is 0.0530. The Kier molecular flexibility index (Phi) is 4.94. The number of nitrogens with two attached hydrogens (primary N) is 1.